The average Bonchev–Trinajstić information content (AvgIpc) is 2.41. The van der Waals surface area contributed by atoms with Gasteiger partial charge in [0.25, 0.3) is 0 Å². The number of rotatable bonds is 1. The molecule has 1 atom stereocenters. The summed E-state index contributed by atoms with van der Waals surface area (Å²) in [6, 6.07) is 5.45. The van der Waals surface area contributed by atoms with E-state index in [0.29, 0.717) is 0 Å². The van der Waals surface area contributed by atoms with Gasteiger partial charge in [-0.05, 0) is 18.2 Å². The zero-order valence-corrected chi connectivity index (χ0v) is 11.5. The van der Waals surface area contributed by atoms with Crippen LogP contribution >= 0.6 is 15.9 Å². The SMILES string of the molecule is O=C1c2cc(Br)ccc2N=CC1N1CCNCC1. The number of carbonyl (C=O) groups excluding carboxylic acids is 1. The molecule has 1 aromatic rings. The molecule has 0 aliphatic carbocycles. The summed E-state index contributed by atoms with van der Waals surface area (Å²) in [6.07, 6.45) is 1.78. The van der Waals surface area contributed by atoms with E-state index in [0.717, 1.165) is 41.9 Å². The van der Waals surface area contributed by atoms with Crippen LogP contribution in [0.5, 0.6) is 0 Å². The minimum atomic E-state index is -0.200. The molecule has 1 unspecified atom stereocenters. The van der Waals surface area contributed by atoms with Gasteiger partial charge in [0.05, 0.1) is 5.69 Å². The van der Waals surface area contributed by atoms with Gasteiger partial charge in [-0.3, -0.25) is 14.7 Å². The highest BCUT2D eigenvalue weighted by Gasteiger charge is 2.30. The molecular weight excluding hydrogens is 294 g/mol. The molecule has 1 aromatic carbocycles. The van der Waals surface area contributed by atoms with Crippen molar-refractivity contribution < 1.29 is 4.79 Å². The third-order valence-electron chi connectivity index (χ3n) is 3.39. The normalized spacial score (nSPS) is 24.1. The number of fused-ring (bicyclic) bond motifs is 1. The highest BCUT2D eigenvalue weighted by Crippen LogP contribution is 2.28. The number of hydrogen-bond acceptors (Lipinski definition) is 4. The lowest BCUT2D eigenvalue weighted by Crippen LogP contribution is -2.52. The van der Waals surface area contributed by atoms with Crippen LogP contribution in [0.3, 0.4) is 0 Å². The molecule has 0 spiro atoms. The maximum absolute atomic E-state index is 12.5. The van der Waals surface area contributed by atoms with Crippen molar-refractivity contribution in [2.75, 3.05) is 26.2 Å². The summed E-state index contributed by atoms with van der Waals surface area (Å²) < 4.78 is 0.922. The second kappa shape index (κ2) is 4.91. The third-order valence-corrected chi connectivity index (χ3v) is 3.89. The average molecular weight is 308 g/mol. The predicted molar refractivity (Wildman–Crippen MR) is 74.9 cm³/mol. The molecule has 2 aliphatic heterocycles. The van der Waals surface area contributed by atoms with Crippen molar-refractivity contribution in [3.8, 4) is 0 Å². The summed E-state index contributed by atoms with van der Waals surface area (Å²) in [5.41, 5.74) is 1.49. The number of Topliss-reactive ketones (excluding diaryl/α,β-unsaturated/α-hetero) is 1. The first-order chi connectivity index (χ1) is 8.75. The molecule has 0 aromatic heterocycles. The number of carbonyl (C=O) groups is 1. The van der Waals surface area contributed by atoms with Crippen LogP contribution in [0.15, 0.2) is 27.7 Å². The maximum atomic E-state index is 12.5. The molecule has 2 aliphatic rings. The zero-order chi connectivity index (χ0) is 12.5. The fourth-order valence-electron chi connectivity index (χ4n) is 2.42. The van der Waals surface area contributed by atoms with Crippen LogP contribution in [0, 0.1) is 0 Å². The van der Waals surface area contributed by atoms with Gasteiger partial charge in [0.15, 0.2) is 5.78 Å². The summed E-state index contributed by atoms with van der Waals surface area (Å²) in [4.78, 5) is 19.1. The van der Waals surface area contributed by atoms with E-state index in [4.69, 9.17) is 0 Å². The Morgan fingerprint density at radius 2 is 2.11 bits per heavy atom. The molecule has 1 fully saturated rings. The van der Waals surface area contributed by atoms with Crippen molar-refractivity contribution in [2.24, 2.45) is 4.99 Å². The number of benzene rings is 1. The molecule has 1 N–H and O–H groups in total. The quantitative estimate of drug-likeness (QED) is 0.857. The van der Waals surface area contributed by atoms with E-state index in [9.17, 15) is 4.79 Å². The van der Waals surface area contributed by atoms with Crippen LogP contribution in [-0.2, 0) is 0 Å². The summed E-state index contributed by atoms with van der Waals surface area (Å²) in [7, 11) is 0. The van der Waals surface area contributed by atoms with Gasteiger partial charge < -0.3 is 5.32 Å². The topological polar surface area (TPSA) is 44.7 Å². The van der Waals surface area contributed by atoms with Crippen molar-refractivity contribution in [1.29, 1.82) is 0 Å². The molecule has 0 radical (unpaired) electrons. The van der Waals surface area contributed by atoms with Gasteiger partial charge in [0.1, 0.15) is 6.04 Å². The van der Waals surface area contributed by atoms with Crippen LogP contribution in [0.4, 0.5) is 5.69 Å². The Kier molecular flexibility index (Phi) is 3.28. The summed E-state index contributed by atoms with van der Waals surface area (Å²) in [5.74, 6) is 0.156. The fraction of sp³-hybridized carbons (Fsp3) is 0.385. The van der Waals surface area contributed by atoms with Gasteiger partial charge in [-0.1, -0.05) is 15.9 Å². The van der Waals surface area contributed by atoms with E-state index in [1.165, 1.54) is 0 Å². The first kappa shape index (κ1) is 12.0. The largest absolute Gasteiger partial charge is 0.314 e. The van der Waals surface area contributed by atoms with Crippen LogP contribution < -0.4 is 5.32 Å². The van der Waals surface area contributed by atoms with Gasteiger partial charge in [0.2, 0.25) is 0 Å². The number of ketones is 1. The van der Waals surface area contributed by atoms with E-state index in [2.05, 4.69) is 31.1 Å². The smallest absolute Gasteiger partial charge is 0.187 e. The Morgan fingerprint density at radius 3 is 2.89 bits per heavy atom. The van der Waals surface area contributed by atoms with Gasteiger partial charge in [-0.25, -0.2) is 0 Å². The summed E-state index contributed by atoms with van der Waals surface area (Å²) in [6.45, 7) is 3.66. The predicted octanol–water partition coefficient (Wildman–Crippen LogP) is 1.62. The van der Waals surface area contributed by atoms with Crippen molar-refractivity contribution in [1.82, 2.24) is 10.2 Å². The van der Waals surface area contributed by atoms with Crippen LogP contribution in [0.1, 0.15) is 10.4 Å². The Bertz CT molecular complexity index is 509. The number of nitrogens with zero attached hydrogens (tertiary/aromatic N) is 2. The maximum Gasteiger partial charge on any atom is 0.187 e. The zero-order valence-electron chi connectivity index (χ0n) is 9.90. The Morgan fingerprint density at radius 1 is 1.33 bits per heavy atom. The van der Waals surface area contributed by atoms with Crippen LogP contribution in [-0.4, -0.2) is 49.1 Å². The molecule has 2 heterocycles. The van der Waals surface area contributed by atoms with Crippen LogP contribution in [0.2, 0.25) is 0 Å². The number of aliphatic imine (C=N–C) groups is 1. The fourth-order valence-corrected chi connectivity index (χ4v) is 2.78. The second-order valence-electron chi connectivity index (χ2n) is 4.53. The minimum Gasteiger partial charge on any atom is -0.314 e. The van der Waals surface area contributed by atoms with Crippen molar-refractivity contribution in [2.45, 2.75) is 6.04 Å². The molecule has 94 valence electrons. The first-order valence-corrected chi connectivity index (χ1v) is 6.88. The minimum absolute atomic E-state index is 0.156. The molecule has 1 saturated heterocycles. The van der Waals surface area contributed by atoms with Crippen molar-refractivity contribution in [3.63, 3.8) is 0 Å². The van der Waals surface area contributed by atoms with Gasteiger partial charge in [0, 0.05) is 42.4 Å². The molecule has 18 heavy (non-hydrogen) atoms. The summed E-state index contributed by atoms with van der Waals surface area (Å²) >= 11 is 3.41. The lowest BCUT2D eigenvalue weighted by atomic mass is 9.99. The number of piperazine rings is 1. The second-order valence-corrected chi connectivity index (χ2v) is 5.45. The lowest BCUT2D eigenvalue weighted by Gasteiger charge is -2.33. The van der Waals surface area contributed by atoms with Crippen molar-refractivity contribution >= 4 is 33.6 Å². The molecule has 0 saturated carbocycles. The lowest BCUT2D eigenvalue weighted by molar-refractivity contribution is 0.0874. The van der Waals surface area contributed by atoms with E-state index < -0.39 is 0 Å². The standard InChI is InChI=1S/C13H14BrN3O/c14-9-1-2-11-10(7-9)13(18)12(8-16-11)17-5-3-15-4-6-17/h1-2,7-8,12,15H,3-6H2. The number of hydrogen-bond donors (Lipinski definition) is 1. The van der Waals surface area contributed by atoms with Gasteiger partial charge >= 0.3 is 0 Å². The van der Waals surface area contributed by atoms with Gasteiger partial charge in [-0.15, -0.1) is 0 Å². The monoisotopic (exact) mass is 307 g/mol. The number of halogens is 1. The Labute approximate surface area is 114 Å². The Balaban J connectivity index is 1.90. The van der Waals surface area contributed by atoms with Gasteiger partial charge in [-0.2, -0.15) is 0 Å². The van der Waals surface area contributed by atoms with E-state index in [1.807, 2.05) is 18.2 Å². The van der Waals surface area contributed by atoms with Crippen LogP contribution in [0.25, 0.3) is 0 Å². The highest BCUT2D eigenvalue weighted by molar-refractivity contribution is 9.10. The van der Waals surface area contributed by atoms with Crippen molar-refractivity contribution in [3.05, 3.63) is 28.2 Å². The first-order valence-electron chi connectivity index (χ1n) is 6.08. The molecule has 5 heteroatoms. The number of nitrogens with one attached hydrogen (secondary N) is 1. The Hall–Kier alpha value is -1.04. The molecule has 4 nitrogen and oxygen atoms in total. The molecule has 0 bridgehead atoms. The molecular formula is C13H14BrN3O. The third kappa shape index (κ3) is 2.13. The van der Waals surface area contributed by atoms with E-state index in [-0.39, 0.29) is 11.8 Å². The highest BCUT2D eigenvalue weighted by atomic mass is 79.9. The van der Waals surface area contributed by atoms with E-state index in [1.54, 1.807) is 6.21 Å². The molecule has 0 amide bonds. The molecule has 3 rings (SSSR count). The van der Waals surface area contributed by atoms with E-state index >= 15 is 0 Å². The summed E-state index contributed by atoms with van der Waals surface area (Å²) in [5, 5.41) is 3.29.